The molecule has 0 spiro atoms. The summed E-state index contributed by atoms with van der Waals surface area (Å²) in [6.45, 7) is 0. The molecular formula is C17H16N2O3S2. The SMILES string of the molecule is COC(=O)CCCSc1nc2sc(-c3ccccc3)cc2c(=O)[nH]1. The molecule has 5 nitrogen and oxygen atoms in total. The minimum absolute atomic E-state index is 0.131. The molecule has 0 radical (unpaired) electrons. The summed E-state index contributed by atoms with van der Waals surface area (Å²) >= 11 is 2.95. The Labute approximate surface area is 147 Å². The monoisotopic (exact) mass is 360 g/mol. The number of benzene rings is 1. The van der Waals surface area contributed by atoms with Crippen LogP contribution in [-0.2, 0) is 9.53 Å². The summed E-state index contributed by atoms with van der Waals surface area (Å²) in [5, 5.41) is 1.19. The molecule has 0 saturated heterocycles. The van der Waals surface area contributed by atoms with Crippen molar-refractivity contribution in [2.24, 2.45) is 0 Å². The van der Waals surface area contributed by atoms with E-state index in [1.165, 1.54) is 30.2 Å². The minimum Gasteiger partial charge on any atom is -0.469 e. The van der Waals surface area contributed by atoms with Gasteiger partial charge in [0, 0.05) is 17.1 Å². The lowest BCUT2D eigenvalue weighted by Crippen LogP contribution is -2.07. The standard InChI is InChI=1S/C17H16N2O3S2/c1-22-14(20)8-5-9-23-17-18-15(21)12-10-13(24-16(12)19-17)11-6-3-2-4-7-11/h2-4,6-7,10H,5,8-9H2,1H3,(H,18,19,21). The van der Waals surface area contributed by atoms with Crippen molar-refractivity contribution < 1.29 is 9.53 Å². The first-order valence-electron chi connectivity index (χ1n) is 7.46. The van der Waals surface area contributed by atoms with Gasteiger partial charge < -0.3 is 9.72 Å². The highest BCUT2D eigenvalue weighted by atomic mass is 32.2. The van der Waals surface area contributed by atoms with Gasteiger partial charge in [-0.05, 0) is 18.1 Å². The molecule has 2 heterocycles. The number of hydrogen-bond donors (Lipinski definition) is 1. The summed E-state index contributed by atoms with van der Waals surface area (Å²) in [4.78, 5) is 32.4. The second kappa shape index (κ2) is 7.63. The van der Waals surface area contributed by atoms with E-state index in [1.807, 2.05) is 36.4 Å². The first-order chi connectivity index (χ1) is 11.7. The van der Waals surface area contributed by atoms with Crippen LogP contribution in [0.15, 0.2) is 46.3 Å². The predicted molar refractivity (Wildman–Crippen MR) is 97.7 cm³/mol. The summed E-state index contributed by atoms with van der Waals surface area (Å²) in [6, 6.07) is 11.8. The Hall–Kier alpha value is -2.12. The van der Waals surface area contributed by atoms with E-state index in [0.717, 1.165) is 15.3 Å². The number of H-pyrrole nitrogens is 1. The van der Waals surface area contributed by atoms with Crippen molar-refractivity contribution in [3.05, 3.63) is 46.8 Å². The number of carbonyl (C=O) groups is 1. The molecule has 0 atom stereocenters. The Balaban J connectivity index is 1.77. The molecular weight excluding hydrogens is 344 g/mol. The van der Waals surface area contributed by atoms with Crippen molar-refractivity contribution in [3.63, 3.8) is 0 Å². The molecule has 124 valence electrons. The minimum atomic E-state index is -0.224. The molecule has 3 rings (SSSR count). The highest BCUT2D eigenvalue weighted by molar-refractivity contribution is 7.99. The zero-order valence-corrected chi connectivity index (χ0v) is 14.7. The zero-order valence-electron chi connectivity index (χ0n) is 13.1. The van der Waals surface area contributed by atoms with Crippen LogP contribution in [0.1, 0.15) is 12.8 Å². The summed E-state index contributed by atoms with van der Waals surface area (Å²) in [5.74, 6) is 0.471. The number of hydrogen-bond acceptors (Lipinski definition) is 6. The van der Waals surface area contributed by atoms with Crippen molar-refractivity contribution in [3.8, 4) is 10.4 Å². The molecule has 0 aliphatic carbocycles. The van der Waals surface area contributed by atoms with Crippen LogP contribution < -0.4 is 5.56 Å². The predicted octanol–water partition coefficient (Wildman–Crippen LogP) is 3.70. The van der Waals surface area contributed by atoms with Gasteiger partial charge in [-0.2, -0.15) is 0 Å². The summed E-state index contributed by atoms with van der Waals surface area (Å²) in [5.41, 5.74) is 0.945. The largest absolute Gasteiger partial charge is 0.469 e. The number of aromatic nitrogens is 2. The van der Waals surface area contributed by atoms with Crippen LogP contribution in [0.2, 0.25) is 0 Å². The maximum Gasteiger partial charge on any atom is 0.305 e. The third-order valence-electron chi connectivity index (χ3n) is 3.43. The third-order valence-corrected chi connectivity index (χ3v) is 5.47. The smallest absolute Gasteiger partial charge is 0.305 e. The summed E-state index contributed by atoms with van der Waals surface area (Å²) in [7, 11) is 1.38. The molecule has 0 aliphatic rings. The fraction of sp³-hybridized carbons (Fsp3) is 0.235. The van der Waals surface area contributed by atoms with Gasteiger partial charge in [-0.15, -0.1) is 11.3 Å². The van der Waals surface area contributed by atoms with Crippen LogP contribution in [0.4, 0.5) is 0 Å². The molecule has 0 fully saturated rings. The number of nitrogens with one attached hydrogen (secondary N) is 1. The molecule has 0 saturated carbocycles. The van der Waals surface area contributed by atoms with Crippen LogP contribution in [0.25, 0.3) is 20.7 Å². The number of thiophene rings is 1. The number of methoxy groups -OCH3 is 1. The maximum absolute atomic E-state index is 12.3. The molecule has 2 aromatic heterocycles. The fourth-order valence-electron chi connectivity index (χ4n) is 2.21. The Kier molecular flexibility index (Phi) is 5.32. The second-order valence-electron chi connectivity index (χ2n) is 5.09. The Morgan fingerprint density at radius 1 is 1.33 bits per heavy atom. The molecule has 0 amide bonds. The van der Waals surface area contributed by atoms with Crippen molar-refractivity contribution in [1.82, 2.24) is 9.97 Å². The highest BCUT2D eigenvalue weighted by Crippen LogP contribution is 2.31. The number of nitrogens with zero attached hydrogens (tertiary/aromatic N) is 1. The number of fused-ring (bicyclic) bond motifs is 1. The van der Waals surface area contributed by atoms with Crippen LogP contribution in [0, 0.1) is 0 Å². The number of thioether (sulfide) groups is 1. The van der Waals surface area contributed by atoms with E-state index >= 15 is 0 Å². The molecule has 0 bridgehead atoms. The number of rotatable bonds is 6. The van der Waals surface area contributed by atoms with E-state index in [2.05, 4.69) is 14.7 Å². The molecule has 24 heavy (non-hydrogen) atoms. The van der Waals surface area contributed by atoms with Gasteiger partial charge in [-0.1, -0.05) is 42.1 Å². The van der Waals surface area contributed by atoms with Crippen LogP contribution in [0.5, 0.6) is 0 Å². The normalized spacial score (nSPS) is 10.9. The molecule has 7 heteroatoms. The number of aromatic amines is 1. The van der Waals surface area contributed by atoms with Gasteiger partial charge in [0.2, 0.25) is 0 Å². The number of ether oxygens (including phenoxy) is 1. The molecule has 3 aromatic rings. The average Bonchev–Trinajstić information content (AvgIpc) is 3.04. The first-order valence-corrected chi connectivity index (χ1v) is 9.26. The lowest BCUT2D eigenvalue weighted by molar-refractivity contribution is -0.140. The van der Waals surface area contributed by atoms with E-state index in [0.29, 0.717) is 29.1 Å². The zero-order chi connectivity index (χ0) is 16.9. The van der Waals surface area contributed by atoms with Gasteiger partial charge in [0.1, 0.15) is 4.83 Å². The van der Waals surface area contributed by atoms with Gasteiger partial charge in [0.15, 0.2) is 5.16 Å². The van der Waals surface area contributed by atoms with Crippen molar-refractivity contribution in [2.45, 2.75) is 18.0 Å². The van der Waals surface area contributed by atoms with E-state index in [1.54, 1.807) is 0 Å². The Morgan fingerprint density at radius 3 is 2.88 bits per heavy atom. The second-order valence-corrected chi connectivity index (χ2v) is 7.21. The van der Waals surface area contributed by atoms with Crippen molar-refractivity contribution >= 4 is 39.3 Å². The Morgan fingerprint density at radius 2 is 2.12 bits per heavy atom. The molecule has 0 unspecified atom stereocenters. The van der Waals surface area contributed by atoms with E-state index < -0.39 is 0 Å². The lowest BCUT2D eigenvalue weighted by Gasteiger charge is -2.00. The molecule has 0 aliphatic heterocycles. The summed E-state index contributed by atoms with van der Waals surface area (Å²) in [6.07, 6.45) is 1.05. The molecule has 1 N–H and O–H groups in total. The molecule has 1 aromatic carbocycles. The number of carbonyl (C=O) groups excluding carboxylic acids is 1. The summed E-state index contributed by atoms with van der Waals surface area (Å²) < 4.78 is 4.60. The maximum atomic E-state index is 12.3. The van der Waals surface area contributed by atoms with Gasteiger partial charge in [-0.25, -0.2) is 4.98 Å². The van der Waals surface area contributed by atoms with Crippen LogP contribution in [-0.4, -0.2) is 28.8 Å². The van der Waals surface area contributed by atoms with Crippen molar-refractivity contribution in [1.29, 1.82) is 0 Å². The lowest BCUT2D eigenvalue weighted by atomic mass is 10.2. The van der Waals surface area contributed by atoms with Crippen LogP contribution in [0.3, 0.4) is 0 Å². The van der Waals surface area contributed by atoms with Gasteiger partial charge in [-0.3, -0.25) is 9.59 Å². The quantitative estimate of drug-likeness (QED) is 0.314. The average molecular weight is 360 g/mol. The highest BCUT2D eigenvalue weighted by Gasteiger charge is 2.10. The van der Waals surface area contributed by atoms with Gasteiger partial charge in [0.05, 0.1) is 12.5 Å². The van der Waals surface area contributed by atoms with E-state index in [-0.39, 0.29) is 11.5 Å². The van der Waals surface area contributed by atoms with E-state index in [9.17, 15) is 9.59 Å². The number of esters is 1. The van der Waals surface area contributed by atoms with E-state index in [4.69, 9.17) is 0 Å². The first kappa shape index (κ1) is 16.7. The van der Waals surface area contributed by atoms with Gasteiger partial charge in [0.25, 0.3) is 5.56 Å². The third kappa shape index (κ3) is 3.85. The topological polar surface area (TPSA) is 72.0 Å². The van der Waals surface area contributed by atoms with Crippen LogP contribution >= 0.6 is 23.1 Å². The van der Waals surface area contributed by atoms with Crippen molar-refractivity contribution in [2.75, 3.05) is 12.9 Å². The van der Waals surface area contributed by atoms with Gasteiger partial charge >= 0.3 is 5.97 Å². The Bertz CT molecular complexity index is 903. The fourth-order valence-corrected chi connectivity index (χ4v) is 4.11.